The van der Waals surface area contributed by atoms with Gasteiger partial charge in [-0.3, -0.25) is 19.3 Å². The lowest BCUT2D eigenvalue weighted by Crippen LogP contribution is -2.49. The van der Waals surface area contributed by atoms with Gasteiger partial charge in [0.2, 0.25) is 5.91 Å². The maximum absolute atomic E-state index is 13.7. The van der Waals surface area contributed by atoms with Gasteiger partial charge in [-0.05, 0) is 74.2 Å². The van der Waals surface area contributed by atoms with Crippen LogP contribution in [0.1, 0.15) is 65.6 Å². The topological polar surface area (TPSA) is 105 Å². The molecule has 184 valence electrons. The molecular formula is C27H31N3O5. The van der Waals surface area contributed by atoms with E-state index in [2.05, 4.69) is 10.6 Å². The van der Waals surface area contributed by atoms with E-state index >= 15 is 0 Å². The summed E-state index contributed by atoms with van der Waals surface area (Å²) in [4.78, 5) is 41.1. The van der Waals surface area contributed by atoms with Crippen LogP contribution in [0.5, 0.6) is 0 Å². The van der Waals surface area contributed by atoms with Crippen LogP contribution in [0.4, 0.5) is 5.69 Å². The van der Waals surface area contributed by atoms with E-state index in [4.69, 9.17) is 8.83 Å². The fourth-order valence-electron chi connectivity index (χ4n) is 4.61. The average molecular weight is 478 g/mol. The molecule has 0 saturated heterocycles. The molecule has 0 unspecified atom stereocenters. The number of amides is 3. The minimum Gasteiger partial charge on any atom is -0.467 e. The molecule has 3 aromatic rings. The number of anilines is 1. The summed E-state index contributed by atoms with van der Waals surface area (Å²) in [5, 5.41) is 5.73. The number of hydrogen-bond acceptors (Lipinski definition) is 5. The van der Waals surface area contributed by atoms with Gasteiger partial charge in [0.25, 0.3) is 11.8 Å². The average Bonchev–Trinajstić information content (AvgIpc) is 3.55. The van der Waals surface area contributed by atoms with Crippen LogP contribution in [-0.2, 0) is 9.59 Å². The predicted octanol–water partition coefficient (Wildman–Crippen LogP) is 4.44. The molecule has 1 aliphatic rings. The van der Waals surface area contributed by atoms with Crippen LogP contribution in [-0.4, -0.2) is 30.3 Å². The Morgan fingerprint density at radius 2 is 1.66 bits per heavy atom. The molecule has 4 rings (SSSR count). The highest BCUT2D eigenvalue weighted by Gasteiger charge is 2.36. The Hall–Kier alpha value is -3.81. The molecule has 2 heterocycles. The van der Waals surface area contributed by atoms with Crippen molar-refractivity contribution in [2.24, 2.45) is 0 Å². The zero-order valence-electron chi connectivity index (χ0n) is 20.1. The highest BCUT2D eigenvalue weighted by Crippen LogP contribution is 2.31. The number of nitrogens with one attached hydrogen (secondary N) is 2. The van der Waals surface area contributed by atoms with E-state index in [9.17, 15) is 14.4 Å². The van der Waals surface area contributed by atoms with Gasteiger partial charge in [0, 0.05) is 11.7 Å². The van der Waals surface area contributed by atoms with Crippen molar-refractivity contribution in [3.63, 3.8) is 0 Å². The van der Waals surface area contributed by atoms with Crippen LogP contribution in [0, 0.1) is 13.8 Å². The van der Waals surface area contributed by atoms with Crippen LogP contribution in [0.15, 0.2) is 63.8 Å². The highest BCUT2D eigenvalue weighted by molar-refractivity contribution is 6.04. The molecular weight excluding hydrogens is 446 g/mol. The minimum absolute atomic E-state index is 0.0589. The lowest BCUT2D eigenvalue weighted by molar-refractivity contribution is -0.127. The first-order chi connectivity index (χ1) is 16.9. The molecule has 1 atom stereocenters. The Morgan fingerprint density at radius 3 is 2.29 bits per heavy atom. The van der Waals surface area contributed by atoms with E-state index in [1.54, 1.807) is 18.2 Å². The number of nitrogens with zero attached hydrogens (tertiary/aromatic N) is 1. The summed E-state index contributed by atoms with van der Waals surface area (Å²) in [6.07, 6.45) is 7.99. The van der Waals surface area contributed by atoms with Crippen molar-refractivity contribution in [2.75, 3.05) is 11.4 Å². The molecule has 1 fully saturated rings. The van der Waals surface area contributed by atoms with Gasteiger partial charge in [-0.1, -0.05) is 25.3 Å². The molecule has 1 aliphatic carbocycles. The molecule has 35 heavy (non-hydrogen) atoms. The molecule has 2 aromatic heterocycles. The van der Waals surface area contributed by atoms with E-state index in [0.717, 1.165) is 43.2 Å². The number of aryl methyl sites for hydroxylation is 2. The fraction of sp³-hybridized carbons (Fsp3) is 0.370. The van der Waals surface area contributed by atoms with E-state index in [1.165, 1.54) is 23.5 Å². The quantitative estimate of drug-likeness (QED) is 0.499. The van der Waals surface area contributed by atoms with E-state index in [-0.39, 0.29) is 24.3 Å². The van der Waals surface area contributed by atoms with Crippen LogP contribution in [0.2, 0.25) is 0 Å². The number of carbonyl (C=O) groups excluding carboxylic acids is 3. The zero-order valence-corrected chi connectivity index (χ0v) is 20.1. The fourth-order valence-corrected chi connectivity index (χ4v) is 4.61. The van der Waals surface area contributed by atoms with Gasteiger partial charge in [0.1, 0.15) is 5.76 Å². The maximum Gasteiger partial charge on any atom is 0.287 e. The number of hydrogen-bond donors (Lipinski definition) is 2. The first-order valence-electron chi connectivity index (χ1n) is 12.0. The molecule has 0 bridgehead atoms. The molecule has 8 nitrogen and oxygen atoms in total. The van der Waals surface area contributed by atoms with E-state index < -0.39 is 17.9 Å². The first kappa shape index (κ1) is 24.3. The summed E-state index contributed by atoms with van der Waals surface area (Å²) < 4.78 is 10.8. The third-order valence-electron chi connectivity index (χ3n) is 6.17. The lowest BCUT2D eigenvalue weighted by atomic mass is 9.95. The Balaban J connectivity index is 1.66. The summed E-state index contributed by atoms with van der Waals surface area (Å²) in [6.45, 7) is 3.55. The van der Waals surface area contributed by atoms with Gasteiger partial charge in [0.15, 0.2) is 11.8 Å². The van der Waals surface area contributed by atoms with Crippen molar-refractivity contribution in [3.8, 4) is 0 Å². The summed E-state index contributed by atoms with van der Waals surface area (Å²) in [6, 6.07) is 11.2. The number of rotatable bonds is 8. The first-order valence-corrected chi connectivity index (χ1v) is 12.0. The largest absolute Gasteiger partial charge is 0.467 e. The monoisotopic (exact) mass is 477 g/mol. The van der Waals surface area contributed by atoms with E-state index in [0.29, 0.717) is 11.4 Å². The van der Waals surface area contributed by atoms with Crippen LogP contribution < -0.4 is 15.5 Å². The third kappa shape index (κ3) is 6.01. The summed E-state index contributed by atoms with van der Waals surface area (Å²) >= 11 is 0. The molecule has 1 saturated carbocycles. The van der Waals surface area contributed by atoms with Crippen LogP contribution in [0.3, 0.4) is 0 Å². The zero-order chi connectivity index (χ0) is 24.8. The van der Waals surface area contributed by atoms with Crippen LogP contribution >= 0.6 is 0 Å². The second-order valence-corrected chi connectivity index (χ2v) is 9.03. The normalized spacial score (nSPS) is 14.8. The molecule has 8 heteroatoms. The van der Waals surface area contributed by atoms with Gasteiger partial charge < -0.3 is 19.5 Å². The van der Waals surface area contributed by atoms with Gasteiger partial charge in [-0.2, -0.15) is 0 Å². The van der Waals surface area contributed by atoms with Gasteiger partial charge in [-0.15, -0.1) is 0 Å². The Labute approximate surface area is 204 Å². The second kappa shape index (κ2) is 11.1. The molecule has 0 spiro atoms. The van der Waals surface area contributed by atoms with Crippen molar-refractivity contribution in [1.82, 2.24) is 10.6 Å². The van der Waals surface area contributed by atoms with Gasteiger partial charge in [-0.25, -0.2) is 0 Å². The van der Waals surface area contributed by atoms with E-state index in [1.807, 2.05) is 32.0 Å². The van der Waals surface area contributed by atoms with Crippen molar-refractivity contribution >= 4 is 23.4 Å². The van der Waals surface area contributed by atoms with Crippen molar-refractivity contribution < 1.29 is 23.2 Å². The number of carbonyl (C=O) groups is 3. The smallest absolute Gasteiger partial charge is 0.287 e. The minimum atomic E-state index is -1.03. The van der Waals surface area contributed by atoms with Crippen molar-refractivity contribution in [3.05, 3.63) is 77.6 Å². The summed E-state index contributed by atoms with van der Waals surface area (Å²) in [5.41, 5.74) is 2.45. The predicted molar refractivity (Wildman–Crippen MR) is 131 cm³/mol. The SMILES string of the molecule is Cc1cc(C)cc(N(C(=O)CNC(=O)c2ccco2)[C@@H](C(=O)NC2CCCCC2)c2ccco2)c1. The molecule has 0 radical (unpaired) electrons. The number of benzene rings is 1. The lowest BCUT2D eigenvalue weighted by Gasteiger charge is -2.32. The summed E-state index contributed by atoms with van der Waals surface area (Å²) in [5.74, 6) is -0.812. The second-order valence-electron chi connectivity index (χ2n) is 9.03. The number of furan rings is 2. The molecule has 1 aromatic carbocycles. The molecule has 2 N–H and O–H groups in total. The Bertz CT molecular complexity index is 1130. The third-order valence-corrected chi connectivity index (χ3v) is 6.17. The summed E-state index contributed by atoms with van der Waals surface area (Å²) in [7, 11) is 0. The van der Waals surface area contributed by atoms with Crippen molar-refractivity contribution in [1.29, 1.82) is 0 Å². The maximum atomic E-state index is 13.7. The highest BCUT2D eigenvalue weighted by atomic mass is 16.3. The van der Waals surface area contributed by atoms with Gasteiger partial charge in [0.05, 0.1) is 19.1 Å². The Kier molecular flexibility index (Phi) is 7.70. The van der Waals surface area contributed by atoms with Crippen LogP contribution in [0.25, 0.3) is 0 Å². The molecule has 0 aliphatic heterocycles. The standard InChI is InChI=1S/C27H31N3O5/c1-18-14-19(2)16-21(15-18)30(24(31)17-28-26(32)23-11-7-13-35-23)25(22-10-6-12-34-22)27(33)29-20-8-4-3-5-9-20/h6-7,10-16,20,25H,3-5,8-9,17H2,1-2H3,(H,28,32)(H,29,33)/t25-/m1/s1. The van der Waals surface area contributed by atoms with Crippen molar-refractivity contribution in [2.45, 2.75) is 58.0 Å². The molecule has 3 amide bonds. The van der Waals surface area contributed by atoms with Gasteiger partial charge >= 0.3 is 0 Å². The Morgan fingerprint density at radius 1 is 0.971 bits per heavy atom.